The number of aliphatic hydroxyl groups is 4. The molecule has 0 aliphatic carbocycles. The van der Waals surface area contributed by atoms with E-state index in [0.717, 1.165) is 12.1 Å². The molecule has 3 aliphatic heterocycles. The summed E-state index contributed by atoms with van der Waals surface area (Å²) in [4.78, 5) is 80.8. The second-order valence-corrected chi connectivity index (χ2v) is 21.6. The summed E-state index contributed by atoms with van der Waals surface area (Å²) < 4.78 is 27.0. The van der Waals surface area contributed by atoms with Crippen LogP contribution in [0.1, 0.15) is 126 Å². The Labute approximate surface area is 441 Å². The normalized spacial score (nSPS) is 32.8. The first kappa shape index (κ1) is 62.2. The number of ketones is 1. The molecule has 2 fully saturated rings. The second-order valence-electron chi connectivity index (χ2n) is 21.6. The number of amides is 4. The predicted molar refractivity (Wildman–Crippen MR) is 279 cm³/mol. The number of carbonyl (C=O) groups excluding carboxylic acids is 6. The summed E-state index contributed by atoms with van der Waals surface area (Å²) in [6.45, 7) is 16.9. The van der Waals surface area contributed by atoms with Gasteiger partial charge in [-0.3, -0.25) is 29.0 Å². The van der Waals surface area contributed by atoms with E-state index in [-0.39, 0.29) is 73.7 Å². The molecule has 0 spiro atoms. The van der Waals surface area contributed by atoms with Crippen LogP contribution in [0.3, 0.4) is 0 Å². The van der Waals surface area contributed by atoms with E-state index in [2.05, 4.69) is 21.4 Å². The number of fused-ring (bicyclic) bond motifs is 2. The Kier molecular flexibility index (Phi) is 23.8. The largest absolute Gasteiger partial charge is 0.508 e. The Bertz CT molecular complexity index is 2230. The van der Waals surface area contributed by atoms with E-state index < -0.39 is 113 Å². The monoisotopic (exact) mass is 1050 g/mol. The van der Waals surface area contributed by atoms with Gasteiger partial charge in [0.05, 0.1) is 36.4 Å². The van der Waals surface area contributed by atoms with E-state index in [1.165, 1.54) is 31.0 Å². The Balaban J connectivity index is 1.60. The van der Waals surface area contributed by atoms with Crippen LogP contribution in [-0.2, 0) is 44.7 Å². The molecule has 9 N–H and O–H groups in total. The number of phenols is 1. The fraction of sp³-hybridized carbons (Fsp3) is 0.643. The molecule has 15 atom stereocenters. The Hall–Kier alpha value is -5.31. The molecule has 1 aromatic rings. The van der Waals surface area contributed by atoms with Gasteiger partial charge in [-0.2, -0.15) is 0 Å². The summed E-state index contributed by atoms with van der Waals surface area (Å²) in [6.07, 6.45) is 8.30. The Morgan fingerprint density at radius 3 is 2.33 bits per heavy atom. The molecular formula is C56H84FN5O13. The van der Waals surface area contributed by atoms with Crippen LogP contribution < -0.4 is 21.4 Å². The van der Waals surface area contributed by atoms with Crippen molar-refractivity contribution in [1.82, 2.24) is 26.4 Å². The molecule has 0 radical (unpaired) electrons. The predicted octanol–water partition coefficient (Wildman–Crippen LogP) is 4.52. The SMILES string of the molecule is CC(=O)CC[C@H]1C(=O)N[C@@H](C(C)C)C(=O)N[C@@H](Cc2cc(O)cc(F)c2)C(=O)N2CCCC(N2)C(=O)O[C@H](/C(C)=C/C=C/CC[C@H](C)[C@@H](O)C[C@@H]2O[C@@](C)(NC(C)=O)[C@@H](C)[C@@H](O)[C@H]2C)C/C=C/C=C/[C@H](O)[C@H](C)[C@H]1O. The van der Waals surface area contributed by atoms with Crippen molar-refractivity contribution in [2.24, 2.45) is 35.5 Å². The number of halogens is 1. The number of Topliss-reactive ketones (excluding diaryl/α,β-unsaturated/α-hetero) is 1. The van der Waals surface area contributed by atoms with Crippen molar-refractivity contribution in [3.05, 3.63) is 77.7 Å². The van der Waals surface area contributed by atoms with E-state index in [1.54, 1.807) is 52.8 Å². The van der Waals surface area contributed by atoms with Crippen LogP contribution in [0.5, 0.6) is 5.75 Å². The van der Waals surface area contributed by atoms with Gasteiger partial charge in [-0.25, -0.2) is 9.82 Å². The first-order valence-corrected chi connectivity index (χ1v) is 26.4. The summed E-state index contributed by atoms with van der Waals surface area (Å²) in [7, 11) is 0. The highest BCUT2D eigenvalue weighted by molar-refractivity contribution is 5.93. The number of esters is 1. The number of rotatable bonds is 15. The maximum atomic E-state index is 14.6. The van der Waals surface area contributed by atoms with Crippen molar-refractivity contribution in [2.45, 2.75) is 187 Å². The molecule has 19 heteroatoms. The summed E-state index contributed by atoms with van der Waals surface area (Å²) in [5.41, 5.74) is 2.72. The van der Waals surface area contributed by atoms with E-state index in [9.17, 15) is 58.7 Å². The van der Waals surface area contributed by atoms with Crippen molar-refractivity contribution in [1.29, 1.82) is 0 Å². The third kappa shape index (κ3) is 18.2. The van der Waals surface area contributed by atoms with Crippen molar-refractivity contribution in [3.63, 3.8) is 0 Å². The van der Waals surface area contributed by atoms with Gasteiger partial charge in [-0.05, 0) is 88.0 Å². The maximum Gasteiger partial charge on any atom is 0.325 e. The third-order valence-corrected chi connectivity index (χ3v) is 15.0. The molecule has 3 heterocycles. The molecule has 0 aromatic heterocycles. The van der Waals surface area contributed by atoms with Gasteiger partial charge in [0.25, 0.3) is 5.91 Å². The number of aliphatic hydroxyl groups excluding tert-OH is 4. The zero-order valence-electron chi connectivity index (χ0n) is 45.3. The number of phenolic OH excluding ortho intramolecular Hbond substituents is 1. The second kappa shape index (κ2) is 28.7. The fourth-order valence-electron chi connectivity index (χ4n) is 9.85. The van der Waals surface area contributed by atoms with Gasteiger partial charge < -0.3 is 55.8 Å². The van der Waals surface area contributed by atoms with Gasteiger partial charge in [0.2, 0.25) is 17.7 Å². The average Bonchev–Trinajstić information content (AvgIpc) is 3.33. The zero-order valence-corrected chi connectivity index (χ0v) is 45.3. The van der Waals surface area contributed by atoms with Gasteiger partial charge in [-0.1, -0.05) is 84.1 Å². The van der Waals surface area contributed by atoms with Crippen LogP contribution in [0.4, 0.5) is 4.39 Å². The number of hydrogen-bond donors (Lipinski definition) is 9. The van der Waals surface area contributed by atoms with E-state index in [4.69, 9.17) is 9.47 Å². The standard InChI is InChI=1S/C56H84FN5O13/c1-31(2)49-53(71)58-44(28-39-26-40(57)29-41(65)27-39)54(72)62-25-17-20-43(61-62)55(73)74-47(22-16-12-15-21-45(66)35(6)51(69)42(52(70)59-49)24-23-34(5)63)33(4)19-14-11-13-18-32(3)46(67)30-48-36(7)50(68)37(8)56(10,75-48)60-38(9)64/h11-12,14-16,19,21,26-27,29,31-32,35-37,42-51,61,65-69H,13,17-18,20,22-25,28,30H2,1-10H3,(H,58,71)(H,59,70)(H,60,64)/b14-11+,16-12+,21-15+,33-19+/t32-,35-,36-,37-,42+,43?,44-,45-,46-,47-,48-,49-,50-,51+,56+/m0/s1. The van der Waals surface area contributed by atoms with Crippen molar-refractivity contribution in [2.75, 3.05) is 6.54 Å². The molecule has 4 rings (SSSR count). The lowest BCUT2D eigenvalue weighted by Crippen LogP contribution is -2.63. The summed E-state index contributed by atoms with van der Waals surface area (Å²) in [5.74, 6) is -8.11. The molecule has 2 saturated heterocycles. The van der Waals surface area contributed by atoms with E-state index >= 15 is 0 Å². The molecule has 1 unspecified atom stereocenters. The minimum absolute atomic E-state index is 0.0687. The van der Waals surface area contributed by atoms with Gasteiger partial charge in [0.1, 0.15) is 47.3 Å². The number of hydrogen-bond acceptors (Lipinski definition) is 14. The topological polar surface area (TPSA) is 273 Å². The first-order chi connectivity index (χ1) is 35.2. The number of benzene rings is 1. The van der Waals surface area contributed by atoms with Crippen molar-refractivity contribution in [3.8, 4) is 5.75 Å². The lowest BCUT2D eigenvalue weighted by atomic mass is 9.77. The summed E-state index contributed by atoms with van der Waals surface area (Å²) in [5, 5.41) is 64.7. The number of aromatic hydroxyl groups is 1. The smallest absolute Gasteiger partial charge is 0.325 e. The Morgan fingerprint density at radius 2 is 1.68 bits per heavy atom. The zero-order chi connectivity index (χ0) is 55.9. The van der Waals surface area contributed by atoms with Crippen LogP contribution in [0.25, 0.3) is 0 Å². The highest BCUT2D eigenvalue weighted by Gasteiger charge is 2.49. The summed E-state index contributed by atoms with van der Waals surface area (Å²) >= 11 is 0. The first-order valence-electron chi connectivity index (χ1n) is 26.4. The minimum Gasteiger partial charge on any atom is -0.508 e. The Morgan fingerprint density at radius 1 is 0.973 bits per heavy atom. The van der Waals surface area contributed by atoms with Crippen molar-refractivity contribution < 1.29 is 68.2 Å². The number of nitrogens with one attached hydrogen (secondary N) is 4. The van der Waals surface area contributed by atoms with Gasteiger partial charge in [0, 0.05) is 63.0 Å². The van der Waals surface area contributed by atoms with Gasteiger partial charge in [0.15, 0.2) is 0 Å². The number of allylic oxidation sites excluding steroid dienone is 5. The molecule has 75 heavy (non-hydrogen) atoms. The summed E-state index contributed by atoms with van der Waals surface area (Å²) in [6, 6.07) is -0.418. The third-order valence-electron chi connectivity index (χ3n) is 15.0. The van der Waals surface area contributed by atoms with E-state index in [1.807, 2.05) is 39.0 Å². The van der Waals surface area contributed by atoms with Crippen LogP contribution in [0.2, 0.25) is 0 Å². The van der Waals surface area contributed by atoms with Crippen molar-refractivity contribution >= 4 is 35.4 Å². The number of ether oxygens (including phenoxy) is 2. The van der Waals surface area contributed by atoms with Crippen LogP contribution in [-0.4, -0.2) is 133 Å². The molecule has 3 aliphatic rings. The molecule has 1 aromatic carbocycles. The molecule has 418 valence electrons. The van der Waals surface area contributed by atoms with Gasteiger partial charge >= 0.3 is 5.97 Å². The molecule has 18 nitrogen and oxygen atoms in total. The quantitative estimate of drug-likeness (QED) is 0.0864. The molecular weight excluding hydrogens is 970 g/mol. The van der Waals surface area contributed by atoms with Crippen LogP contribution >= 0.6 is 0 Å². The highest BCUT2D eigenvalue weighted by atomic mass is 19.1. The number of carbonyl (C=O) groups is 6. The number of hydrazine groups is 1. The average molecular weight is 1050 g/mol. The minimum atomic E-state index is -1.47. The molecule has 0 saturated carbocycles. The lowest BCUT2D eigenvalue weighted by molar-refractivity contribution is -0.233. The number of nitrogens with zero attached hydrogens (tertiary/aromatic N) is 1. The van der Waals surface area contributed by atoms with Gasteiger partial charge in [-0.15, -0.1) is 0 Å². The molecule has 4 amide bonds. The van der Waals surface area contributed by atoms with Crippen LogP contribution in [0, 0.1) is 41.3 Å². The lowest BCUT2D eigenvalue weighted by Gasteiger charge is -2.49. The maximum absolute atomic E-state index is 14.6. The van der Waals surface area contributed by atoms with Crippen LogP contribution in [0.15, 0.2) is 66.3 Å². The fourth-order valence-corrected chi connectivity index (χ4v) is 9.85. The van der Waals surface area contributed by atoms with E-state index in [0.29, 0.717) is 31.3 Å². The molecule has 2 bridgehead atoms. The number of cyclic esters (lactones) is 1. The highest BCUT2D eigenvalue weighted by Crippen LogP contribution is 2.38.